The SMILES string of the molecule is COc1ccc([N+](=O)[O-])cc1N(CC(=O)N(Cc1cccc(C)c1)[C@@H](C)C(=O)NCC(C)C)S(C)(=O)=O. The van der Waals surface area contributed by atoms with E-state index in [0.29, 0.717) is 6.54 Å². The molecule has 11 nitrogen and oxygen atoms in total. The quantitative estimate of drug-likeness (QED) is 0.326. The van der Waals surface area contributed by atoms with E-state index in [-0.39, 0.29) is 35.5 Å². The van der Waals surface area contributed by atoms with Gasteiger partial charge >= 0.3 is 0 Å². The lowest BCUT2D eigenvalue weighted by Crippen LogP contribution is -2.51. The molecule has 0 saturated heterocycles. The van der Waals surface area contributed by atoms with E-state index in [0.717, 1.165) is 27.8 Å². The molecule has 0 radical (unpaired) electrons. The Bertz CT molecular complexity index is 1250. The van der Waals surface area contributed by atoms with Gasteiger partial charge in [-0.15, -0.1) is 0 Å². The molecular formula is C25H34N4O7S. The van der Waals surface area contributed by atoms with Crippen LogP contribution in [-0.4, -0.2) is 62.6 Å². The predicted molar refractivity (Wildman–Crippen MR) is 141 cm³/mol. The number of carbonyl (C=O) groups is 2. The predicted octanol–water partition coefficient (Wildman–Crippen LogP) is 2.87. The van der Waals surface area contributed by atoms with Crippen molar-refractivity contribution in [1.82, 2.24) is 10.2 Å². The molecule has 0 saturated carbocycles. The summed E-state index contributed by atoms with van der Waals surface area (Å²) in [4.78, 5) is 38.5. The third kappa shape index (κ3) is 8.17. The summed E-state index contributed by atoms with van der Waals surface area (Å²) in [6.07, 6.45) is 0.891. The molecule has 2 aromatic carbocycles. The zero-order chi connectivity index (χ0) is 27.9. The molecule has 2 amide bonds. The Morgan fingerprint density at radius 3 is 2.35 bits per heavy atom. The van der Waals surface area contributed by atoms with Crippen LogP contribution in [0.25, 0.3) is 0 Å². The van der Waals surface area contributed by atoms with E-state index < -0.39 is 33.4 Å². The maximum absolute atomic E-state index is 13.6. The molecule has 37 heavy (non-hydrogen) atoms. The normalized spacial score (nSPS) is 12.1. The third-order valence-corrected chi connectivity index (χ3v) is 6.73. The van der Waals surface area contributed by atoms with Crippen LogP contribution in [-0.2, 0) is 26.2 Å². The zero-order valence-corrected chi connectivity index (χ0v) is 22.7. The minimum absolute atomic E-state index is 0.0387. The molecule has 12 heteroatoms. The molecule has 0 fully saturated rings. The second-order valence-corrected chi connectivity index (χ2v) is 11.1. The van der Waals surface area contributed by atoms with E-state index in [1.54, 1.807) is 6.92 Å². The number of carbonyl (C=O) groups excluding carboxylic acids is 2. The van der Waals surface area contributed by atoms with Gasteiger partial charge in [0.1, 0.15) is 24.0 Å². The Hall–Kier alpha value is -3.67. The number of sulfonamides is 1. The van der Waals surface area contributed by atoms with Crippen LogP contribution >= 0.6 is 0 Å². The molecule has 0 spiro atoms. The first-order chi connectivity index (χ1) is 17.2. The van der Waals surface area contributed by atoms with Gasteiger partial charge in [0.25, 0.3) is 5.69 Å². The van der Waals surface area contributed by atoms with Gasteiger partial charge in [0, 0.05) is 25.2 Å². The smallest absolute Gasteiger partial charge is 0.271 e. The minimum Gasteiger partial charge on any atom is -0.495 e. The molecule has 0 aliphatic carbocycles. The highest BCUT2D eigenvalue weighted by Crippen LogP contribution is 2.33. The number of nitro groups is 1. The largest absolute Gasteiger partial charge is 0.495 e. The lowest BCUT2D eigenvalue weighted by molar-refractivity contribution is -0.384. The molecule has 0 bridgehead atoms. The monoisotopic (exact) mass is 534 g/mol. The zero-order valence-electron chi connectivity index (χ0n) is 21.9. The maximum Gasteiger partial charge on any atom is 0.271 e. The summed E-state index contributed by atoms with van der Waals surface area (Å²) in [5, 5.41) is 14.1. The van der Waals surface area contributed by atoms with Gasteiger partial charge in [-0.1, -0.05) is 43.7 Å². The number of hydrogen-bond acceptors (Lipinski definition) is 7. The van der Waals surface area contributed by atoms with Crippen LogP contribution in [0.4, 0.5) is 11.4 Å². The van der Waals surface area contributed by atoms with Gasteiger partial charge in [0.2, 0.25) is 21.8 Å². The summed E-state index contributed by atoms with van der Waals surface area (Å²) < 4.78 is 31.5. The Kier molecular flexibility index (Phi) is 10.0. The number of nitro benzene ring substituents is 1. The van der Waals surface area contributed by atoms with Crippen molar-refractivity contribution in [2.45, 2.75) is 40.3 Å². The first-order valence-electron chi connectivity index (χ1n) is 11.7. The van der Waals surface area contributed by atoms with Crippen LogP contribution in [0.3, 0.4) is 0 Å². The van der Waals surface area contributed by atoms with E-state index in [4.69, 9.17) is 4.74 Å². The number of benzene rings is 2. The van der Waals surface area contributed by atoms with Gasteiger partial charge < -0.3 is 15.0 Å². The van der Waals surface area contributed by atoms with Crippen molar-refractivity contribution < 1.29 is 27.7 Å². The van der Waals surface area contributed by atoms with Gasteiger partial charge in [-0.25, -0.2) is 8.42 Å². The van der Waals surface area contributed by atoms with Gasteiger partial charge in [0.05, 0.1) is 18.3 Å². The molecule has 0 aromatic heterocycles. The van der Waals surface area contributed by atoms with Crippen LogP contribution in [0.2, 0.25) is 0 Å². The number of amides is 2. The molecule has 0 aliphatic heterocycles. The Morgan fingerprint density at radius 2 is 1.81 bits per heavy atom. The minimum atomic E-state index is -4.09. The number of anilines is 1. The number of nitrogens with zero attached hydrogens (tertiary/aromatic N) is 3. The summed E-state index contributed by atoms with van der Waals surface area (Å²) in [5.74, 6) is -0.808. The maximum atomic E-state index is 13.6. The van der Waals surface area contributed by atoms with Gasteiger partial charge in [-0.05, 0) is 31.4 Å². The molecule has 1 atom stereocenters. The highest BCUT2D eigenvalue weighted by Gasteiger charge is 2.32. The van der Waals surface area contributed by atoms with Crippen molar-refractivity contribution >= 4 is 33.2 Å². The number of hydrogen-bond donors (Lipinski definition) is 1. The van der Waals surface area contributed by atoms with Crippen LogP contribution in [0, 0.1) is 23.0 Å². The Balaban J connectivity index is 2.50. The van der Waals surface area contributed by atoms with E-state index in [1.807, 2.05) is 45.0 Å². The lowest BCUT2D eigenvalue weighted by atomic mass is 10.1. The summed E-state index contributed by atoms with van der Waals surface area (Å²) in [6, 6.07) is 9.97. The van der Waals surface area contributed by atoms with Crippen LogP contribution in [0.15, 0.2) is 42.5 Å². The number of aryl methyl sites for hydroxylation is 1. The average Bonchev–Trinajstić information content (AvgIpc) is 2.82. The number of rotatable bonds is 12. The molecule has 0 aliphatic rings. The van der Waals surface area contributed by atoms with E-state index in [2.05, 4.69) is 5.32 Å². The van der Waals surface area contributed by atoms with E-state index in [9.17, 15) is 28.1 Å². The first-order valence-corrected chi connectivity index (χ1v) is 13.5. The van der Waals surface area contributed by atoms with Crippen molar-refractivity contribution in [1.29, 1.82) is 0 Å². The third-order valence-electron chi connectivity index (χ3n) is 5.61. The molecular weight excluding hydrogens is 500 g/mol. The van der Waals surface area contributed by atoms with Crippen molar-refractivity contribution in [3.05, 3.63) is 63.7 Å². The van der Waals surface area contributed by atoms with Gasteiger partial charge in [-0.2, -0.15) is 0 Å². The fourth-order valence-corrected chi connectivity index (χ4v) is 4.47. The standard InChI is InChI=1S/C25H34N4O7S/c1-17(2)14-26-25(31)19(4)27(15-20-9-7-8-18(3)12-20)24(30)16-28(37(6,34)35)22-13-21(29(32)33)10-11-23(22)36-5/h7-13,17,19H,14-16H2,1-6H3,(H,26,31)/t19-/m0/s1. The second-order valence-electron chi connectivity index (χ2n) is 9.21. The highest BCUT2D eigenvalue weighted by molar-refractivity contribution is 7.92. The summed E-state index contributed by atoms with van der Waals surface area (Å²) >= 11 is 0. The Labute approximate surface area is 217 Å². The van der Waals surface area contributed by atoms with Crippen molar-refractivity contribution in [3.63, 3.8) is 0 Å². The molecule has 2 rings (SSSR count). The number of non-ortho nitro benzene ring substituents is 1. The van der Waals surface area contributed by atoms with Crippen molar-refractivity contribution in [3.8, 4) is 5.75 Å². The number of nitrogens with one attached hydrogen (secondary N) is 1. The molecule has 1 N–H and O–H groups in total. The highest BCUT2D eigenvalue weighted by atomic mass is 32.2. The van der Waals surface area contributed by atoms with Crippen LogP contribution in [0.1, 0.15) is 31.9 Å². The Morgan fingerprint density at radius 1 is 1.14 bits per heavy atom. The second kappa shape index (κ2) is 12.5. The number of ether oxygens (including phenoxy) is 1. The molecule has 0 unspecified atom stereocenters. The van der Waals surface area contributed by atoms with Crippen LogP contribution in [0.5, 0.6) is 5.75 Å². The van der Waals surface area contributed by atoms with E-state index >= 15 is 0 Å². The molecule has 0 heterocycles. The molecule has 202 valence electrons. The average molecular weight is 535 g/mol. The van der Waals surface area contributed by atoms with Gasteiger partial charge in [0.15, 0.2) is 0 Å². The molecule has 2 aromatic rings. The lowest BCUT2D eigenvalue weighted by Gasteiger charge is -2.32. The summed E-state index contributed by atoms with van der Waals surface area (Å²) in [7, 11) is -2.80. The van der Waals surface area contributed by atoms with Crippen molar-refractivity contribution in [2.75, 3.05) is 30.8 Å². The fraction of sp³-hybridized carbons (Fsp3) is 0.440. The number of methoxy groups -OCH3 is 1. The van der Waals surface area contributed by atoms with Crippen molar-refractivity contribution in [2.24, 2.45) is 5.92 Å². The van der Waals surface area contributed by atoms with E-state index in [1.165, 1.54) is 24.1 Å². The topological polar surface area (TPSA) is 139 Å². The van der Waals surface area contributed by atoms with Gasteiger partial charge in [-0.3, -0.25) is 24.0 Å². The first kappa shape index (κ1) is 29.6. The fourth-order valence-electron chi connectivity index (χ4n) is 3.62. The van der Waals surface area contributed by atoms with Crippen LogP contribution < -0.4 is 14.4 Å². The summed E-state index contributed by atoms with van der Waals surface area (Å²) in [6.45, 7) is 7.13. The summed E-state index contributed by atoms with van der Waals surface area (Å²) in [5.41, 5.74) is 1.20.